The van der Waals surface area contributed by atoms with E-state index in [1.807, 2.05) is 31.3 Å². The summed E-state index contributed by atoms with van der Waals surface area (Å²) in [7, 11) is 2.04. The lowest BCUT2D eigenvalue weighted by Crippen LogP contribution is -1.85. The summed E-state index contributed by atoms with van der Waals surface area (Å²) in [5.41, 5.74) is 4.26. The molecule has 0 amide bonds. The number of hydrogen-bond acceptors (Lipinski definition) is 1. The molecule has 2 aromatic carbocycles. The Hall–Kier alpha value is -2.35. The maximum atomic E-state index is 10.7. The fourth-order valence-electron chi connectivity index (χ4n) is 2.30. The van der Waals surface area contributed by atoms with Crippen LogP contribution in [0.2, 0.25) is 0 Å². The van der Waals surface area contributed by atoms with Gasteiger partial charge in [-0.1, -0.05) is 36.4 Å². The van der Waals surface area contributed by atoms with E-state index in [9.17, 15) is 4.79 Å². The van der Waals surface area contributed by atoms with Gasteiger partial charge in [-0.25, -0.2) is 0 Å². The van der Waals surface area contributed by atoms with Crippen molar-refractivity contribution in [3.05, 3.63) is 60.3 Å². The number of nitrogens with zero attached hydrogens (tertiary/aromatic N) is 1. The molecule has 0 aliphatic rings. The van der Waals surface area contributed by atoms with Crippen LogP contribution in [-0.2, 0) is 7.05 Å². The molecule has 0 spiro atoms. The van der Waals surface area contributed by atoms with E-state index in [0.29, 0.717) is 5.56 Å². The molecule has 3 aromatic rings. The Bertz CT molecular complexity index is 708. The predicted molar refractivity (Wildman–Crippen MR) is 73.7 cm³/mol. The van der Waals surface area contributed by atoms with Crippen LogP contribution in [-0.4, -0.2) is 10.9 Å². The number of aryl methyl sites for hydroxylation is 1. The van der Waals surface area contributed by atoms with E-state index in [0.717, 1.165) is 11.8 Å². The standard InChI is InChI=1S/C16H13NO/c1-17-10-9-15-14(3-2-4-16(15)17)13-7-5-12(11-18)6-8-13/h2-11H,1H3. The minimum absolute atomic E-state index is 0.707. The highest BCUT2D eigenvalue weighted by atomic mass is 16.1. The van der Waals surface area contributed by atoms with E-state index in [1.54, 1.807) is 0 Å². The maximum Gasteiger partial charge on any atom is 0.150 e. The molecule has 1 aromatic heterocycles. The molecule has 1 heterocycles. The fourth-order valence-corrected chi connectivity index (χ4v) is 2.30. The van der Waals surface area contributed by atoms with Crippen LogP contribution in [0.25, 0.3) is 22.0 Å². The van der Waals surface area contributed by atoms with Crippen LogP contribution in [0.3, 0.4) is 0 Å². The summed E-state index contributed by atoms with van der Waals surface area (Å²) in [4.78, 5) is 10.7. The molecule has 0 atom stereocenters. The van der Waals surface area contributed by atoms with Crippen molar-refractivity contribution in [1.29, 1.82) is 0 Å². The van der Waals surface area contributed by atoms with Crippen LogP contribution >= 0.6 is 0 Å². The summed E-state index contributed by atoms with van der Waals surface area (Å²) in [5, 5.41) is 1.24. The van der Waals surface area contributed by atoms with Crippen LogP contribution in [0.15, 0.2) is 54.7 Å². The molecular formula is C16H13NO. The monoisotopic (exact) mass is 235 g/mol. The van der Waals surface area contributed by atoms with Gasteiger partial charge in [0.25, 0.3) is 0 Å². The first-order valence-electron chi connectivity index (χ1n) is 5.89. The van der Waals surface area contributed by atoms with Gasteiger partial charge in [0.2, 0.25) is 0 Å². The highest BCUT2D eigenvalue weighted by molar-refractivity contribution is 5.95. The molecular weight excluding hydrogens is 222 g/mol. The van der Waals surface area contributed by atoms with Crippen LogP contribution in [0.4, 0.5) is 0 Å². The highest BCUT2D eigenvalue weighted by Crippen LogP contribution is 2.29. The third-order valence-corrected chi connectivity index (χ3v) is 3.29. The fraction of sp³-hybridized carbons (Fsp3) is 0.0625. The SMILES string of the molecule is Cn1ccc2c(-c3ccc(C=O)cc3)cccc21. The van der Waals surface area contributed by atoms with Crippen molar-refractivity contribution in [2.24, 2.45) is 7.05 Å². The van der Waals surface area contributed by atoms with E-state index in [1.165, 1.54) is 16.5 Å². The second kappa shape index (κ2) is 4.15. The zero-order valence-electron chi connectivity index (χ0n) is 10.1. The molecule has 0 aliphatic heterocycles. The van der Waals surface area contributed by atoms with Gasteiger partial charge in [0, 0.05) is 29.7 Å². The summed E-state index contributed by atoms with van der Waals surface area (Å²) >= 11 is 0. The Balaban J connectivity index is 2.21. The molecule has 3 rings (SSSR count). The molecule has 0 unspecified atom stereocenters. The van der Waals surface area contributed by atoms with Gasteiger partial charge in [-0.15, -0.1) is 0 Å². The van der Waals surface area contributed by atoms with E-state index in [4.69, 9.17) is 0 Å². The minimum Gasteiger partial charge on any atom is -0.351 e. The first-order valence-corrected chi connectivity index (χ1v) is 5.89. The lowest BCUT2D eigenvalue weighted by atomic mass is 10.0. The number of carbonyl (C=O) groups is 1. The van der Waals surface area contributed by atoms with Crippen molar-refractivity contribution in [1.82, 2.24) is 4.57 Å². The summed E-state index contributed by atoms with van der Waals surface area (Å²) < 4.78 is 2.11. The van der Waals surface area contributed by atoms with E-state index >= 15 is 0 Å². The first kappa shape index (κ1) is 10.8. The van der Waals surface area contributed by atoms with Crippen LogP contribution in [0.5, 0.6) is 0 Å². The molecule has 18 heavy (non-hydrogen) atoms. The Morgan fingerprint density at radius 1 is 1.00 bits per heavy atom. The predicted octanol–water partition coefficient (Wildman–Crippen LogP) is 3.66. The van der Waals surface area contributed by atoms with E-state index < -0.39 is 0 Å². The molecule has 0 radical (unpaired) electrons. The van der Waals surface area contributed by atoms with Crippen molar-refractivity contribution in [3.8, 4) is 11.1 Å². The second-order valence-electron chi connectivity index (χ2n) is 4.40. The maximum absolute atomic E-state index is 10.7. The van der Waals surface area contributed by atoms with Gasteiger partial charge in [0.1, 0.15) is 6.29 Å². The molecule has 0 bridgehead atoms. The molecule has 2 nitrogen and oxygen atoms in total. The van der Waals surface area contributed by atoms with Gasteiger partial charge < -0.3 is 4.57 Å². The van der Waals surface area contributed by atoms with Crippen molar-refractivity contribution in [2.45, 2.75) is 0 Å². The van der Waals surface area contributed by atoms with E-state index in [2.05, 4.69) is 35.0 Å². The number of rotatable bonds is 2. The average Bonchev–Trinajstić information content (AvgIpc) is 2.81. The van der Waals surface area contributed by atoms with Gasteiger partial charge in [-0.2, -0.15) is 0 Å². The molecule has 0 aliphatic carbocycles. The van der Waals surface area contributed by atoms with Gasteiger partial charge in [0.05, 0.1) is 0 Å². The van der Waals surface area contributed by atoms with Crippen LogP contribution in [0.1, 0.15) is 10.4 Å². The topological polar surface area (TPSA) is 22.0 Å². The second-order valence-corrected chi connectivity index (χ2v) is 4.40. The van der Waals surface area contributed by atoms with Crippen molar-refractivity contribution in [2.75, 3.05) is 0 Å². The third-order valence-electron chi connectivity index (χ3n) is 3.29. The number of hydrogen-bond donors (Lipinski definition) is 0. The first-order chi connectivity index (χ1) is 8.79. The third kappa shape index (κ3) is 1.63. The summed E-state index contributed by atoms with van der Waals surface area (Å²) in [6.07, 6.45) is 2.93. The number of benzene rings is 2. The Kier molecular flexibility index (Phi) is 2.49. The lowest BCUT2D eigenvalue weighted by molar-refractivity contribution is 0.112. The molecule has 0 N–H and O–H groups in total. The van der Waals surface area contributed by atoms with E-state index in [-0.39, 0.29) is 0 Å². The number of aromatic nitrogens is 1. The molecule has 88 valence electrons. The van der Waals surface area contributed by atoms with Crippen molar-refractivity contribution >= 4 is 17.2 Å². The largest absolute Gasteiger partial charge is 0.351 e. The Morgan fingerprint density at radius 2 is 1.78 bits per heavy atom. The highest BCUT2D eigenvalue weighted by Gasteiger charge is 2.05. The molecule has 0 saturated heterocycles. The summed E-state index contributed by atoms with van der Waals surface area (Å²) in [5.74, 6) is 0. The normalized spacial score (nSPS) is 10.7. The smallest absolute Gasteiger partial charge is 0.150 e. The zero-order chi connectivity index (χ0) is 12.5. The number of aldehydes is 1. The minimum atomic E-state index is 0.707. The quantitative estimate of drug-likeness (QED) is 0.621. The number of fused-ring (bicyclic) bond motifs is 1. The Labute approximate surface area is 105 Å². The number of carbonyl (C=O) groups excluding carboxylic acids is 1. The van der Waals surface area contributed by atoms with Gasteiger partial charge in [-0.3, -0.25) is 4.79 Å². The van der Waals surface area contributed by atoms with Crippen LogP contribution in [0, 0.1) is 0 Å². The molecule has 0 fully saturated rings. The van der Waals surface area contributed by atoms with Crippen molar-refractivity contribution in [3.63, 3.8) is 0 Å². The summed E-state index contributed by atoms with van der Waals surface area (Å²) in [6.45, 7) is 0. The molecule has 0 saturated carbocycles. The van der Waals surface area contributed by atoms with Crippen molar-refractivity contribution < 1.29 is 4.79 Å². The van der Waals surface area contributed by atoms with Gasteiger partial charge >= 0.3 is 0 Å². The van der Waals surface area contributed by atoms with Crippen LogP contribution < -0.4 is 0 Å². The van der Waals surface area contributed by atoms with Gasteiger partial charge in [0.15, 0.2) is 0 Å². The molecule has 2 heteroatoms. The average molecular weight is 235 g/mol. The van der Waals surface area contributed by atoms with Gasteiger partial charge in [-0.05, 0) is 23.3 Å². The Morgan fingerprint density at radius 3 is 2.50 bits per heavy atom. The summed E-state index contributed by atoms with van der Waals surface area (Å²) in [6, 6.07) is 16.1. The zero-order valence-corrected chi connectivity index (χ0v) is 10.1. The lowest BCUT2D eigenvalue weighted by Gasteiger charge is -2.05.